The predicted molar refractivity (Wildman–Crippen MR) is 155 cm³/mol. The molecule has 0 saturated carbocycles. The summed E-state index contributed by atoms with van der Waals surface area (Å²) in [6, 6.07) is 11.4. The molecule has 0 bridgehead atoms. The van der Waals surface area contributed by atoms with Crippen molar-refractivity contribution in [3.05, 3.63) is 41.0 Å². The van der Waals surface area contributed by atoms with E-state index in [9.17, 15) is 4.79 Å². The molecule has 1 fully saturated rings. The number of rotatable bonds is 7. The van der Waals surface area contributed by atoms with E-state index in [4.69, 9.17) is 14.6 Å². The standard InChI is InChI=1S/C27H38BrN5O3Si/c1-27(2,3)36-26(34)32-13-11-31(12-14-32)24-17-20(9-10-29-24)25-22-18-21(28)7-8-23(22)33(30-25)19-35-15-16-37(4,5)6/h7-10,17-18H,11-16,19H2,1-6H3. The Labute approximate surface area is 229 Å². The van der Waals surface area contributed by atoms with Gasteiger partial charge in [-0.3, -0.25) is 0 Å². The van der Waals surface area contributed by atoms with Crippen molar-refractivity contribution in [2.24, 2.45) is 0 Å². The Balaban J connectivity index is 1.51. The minimum Gasteiger partial charge on any atom is -0.444 e. The van der Waals surface area contributed by atoms with Gasteiger partial charge in [0, 0.05) is 62.5 Å². The van der Waals surface area contributed by atoms with Gasteiger partial charge in [-0.05, 0) is 57.1 Å². The number of ether oxygens (including phenoxy) is 2. The van der Waals surface area contributed by atoms with Crippen LogP contribution in [0.5, 0.6) is 0 Å². The molecule has 0 N–H and O–H groups in total. The molecule has 0 spiro atoms. The molecule has 0 radical (unpaired) electrons. The van der Waals surface area contributed by atoms with Crippen molar-refractivity contribution in [2.75, 3.05) is 37.7 Å². The number of carbonyl (C=O) groups excluding carboxylic acids is 1. The smallest absolute Gasteiger partial charge is 0.410 e. The first-order chi connectivity index (χ1) is 17.4. The quantitative estimate of drug-likeness (QED) is 0.241. The van der Waals surface area contributed by atoms with Crippen LogP contribution in [0.15, 0.2) is 41.0 Å². The van der Waals surface area contributed by atoms with Gasteiger partial charge in [0.2, 0.25) is 0 Å². The van der Waals surface area contributed by atoms with Crippen molar-refractivity contribution in [2.45, 2.75) is 58.8 Å². The Morgan fingerprint density at radius 1 is 1.08 bits per heavy atom. The van der Waals surface area contributed by atoms with Gasteiger partial charge in [0.15, 0.2) is 0 Å². The maximum Gasteiger partial charge on any atom is 0.410 e. The summed E-state index contributed by atoms with van der Waals surface area (Å²) >= 11 is 3.62. The highest BCUT2D eigenvalue weighted by Gasteiger charge is 2.26. The third-order valence-electron chi connectivity index (χ3n) is 6.20. The number of amides is 1. The van der Waals surface area contributed by atoms with Gasteiger partial charge in [-0.1, -0.05) is 35.6 Å². The Bertz CT molecular complexity index is 1240. The van der Waals surface area contributed by atoms with E-state index in [0.29, 0.717) is 32.9 Å². The van der Waals surface area contributed by atoms with E-state index in [1.807, 2.05) is 43.8 Å². The van der Waals surface area contributed by atoms with Crippen LogP contribution in [0.25, 0.3) is 22.2 Å². The van der Waals surface area contributed by atoms with Gasteiger partial charge in [0.1, 0.15) is 23.8 Å². The van der Waals surface area contributed by atoms with Crippen LogP contribution in [-0.2, 0) is 16.2 Å². The summed E-state index contributed by atoms with van der Waals surface area (Å²) in [6.45, 7) is 16.5. The number of halogens is 1. The monoisotopic (exact) mass is 587 g/mol. The first-order valence-electron chi connectivity index (χ1n) is 12.8. The lowest BCUT2D eigenvalue weighted by atomic mass is 10.1. The maximum absolute atomic E-state index is 12.4. The van der Waals surface area contributed by atoms with Crippen molar-refractivity contribution in [1.29, 1.82) is 0 Å². The van der Waals surface area contributed by atoms with Crippen molar-refractivity contribution >= 4 is 46.8 Å². The Kier molecular flexibility index (Phi) is 8.30. The molecule has 1 aliphatic heterocycles. The Hall–Kier alpha value is -2.43. The first kappa shape index (κ1) is 27.6. The van der Waals surface area contributed by atoms with Crippen molar-refractivity contribution < 1.29 is 14.3 Å². The zero-order valence-electron chi connectivity index (χ0n) is 22.8. The van der Waals surface area contributed by atoms with E-state index in [0.717, 1.165) is 45.1 Å². The summed E-state index contributed by atoms with van der Waals surface area (Å²) in [5.74, 6) is 0.880. The minimum absolute atomic E-state index is 0.261. The summed E-state index contributed by atoms with van der Waals surface area (Å²) in [6.07, 6.45) is 1.57. The zero-order valence-corrected chi connectivity index (χ0v) is 25.3. The lowest BCUT2D eigenvalue weighted by molar-refractivity contribution is 0.0240. The fourth-order valence-corrected chi connectivity index (χ4v) is 5.29. The molecular formula is C27H38BrN5O3Si. The van der Waals surface area contributed by atoms with Crippen molar-refractivity contribution in [3.8, 4) is 11.3 Å². The van der Waals surface area contributed by atoms with Gasteiger partial charge >= 0.3 is 6.09 Å². The van der Waals surface area contributed by atoms with Gasteiger partial charge in [-0.25, -0.2) is 14.5 Å². The maximum atomic E-state index is 12.4. The van der Waals surface area contributed by atoms with E-state index in [-0.39, 0.29) is 6.09 Å². The van der Waals surface area contributed by atoms with Crippen LogP contribution in [-0.4, -0.2) is 72.2 Å². The molecule has 1 saturated heterocycles. The van der Waals surface area contributed by atoms with Crippen LogP contribution in [0.4, 0.5) is 10.6 Å². The van der Waals surface area contributed by atoms with Gasteiger partial charge < -0.3 is 19.3 Å². The molecule has 0 atom stereocenters. The number of carbonyl (C=O) groups is 1. The van der Waals surface area contributed by atoms with Gasteiger partial charge in [0.25, 0.3) is 0 Å². The summed E-state index contributed by atoms with van der Waals surface area (Å²) in [4.78, 5) is 21.0. The molecule has 4 rings (SSSR count). The van der Waals surface area contributed by atoms with Crippen molar-refractivity contribution in [1.82, 2.24) is 19.7 Å². The number of hydrogen-bond donors (Lipinski definition) is 0. The molecular weight excluding hydrogens is 550 g/mol. The third kappa shape index (κ3) is 7.33. The molecule has 10 heteroatoms. The van der Waals surface area contributed by atoms with Crippen LogP contribution in [0.1, 0.15) is 20.8 Å². The highest BCUT2D eigenvalue weighted by atomic mass is 79.9. The molecule has 1 aliphatic rings. The number of piperazine rings is 1. The number of nitrogens with zero attached hydrogens (tertiary/aromatic N) is 5. The third-order valence-corrected chi connectivity index (χ3v) is 8.39. The fourth-order valence-electron chi connectivity index (χ4n) is 4.18. The molecule has 3 heterocycles. The molecule has 0 aliphatic carbocycles. The molecule has 2 aromatic heterocycles. The summed E-state index contributed by atoms with van der Waals surface area (Å²) in [5, 5.41) is 6.02. The van der Waals surface area contributed by atoms with E-state index >= 15 is 0 Å². The van der Waals surface area contributed by atoms with Gasteiger partial charge in [0.05, 0.1) is 5.52 Å². The van der Waals surface area contributed by atoms with E-state index in [1.54, 1.807) is 4.90 Å². The van der Waals surface area contributed by atoms with Crippen LogP contribution in [0, 0.1) is 0 Å². The lowest BCUT2D eigenvalue weighted by Crippen LogP contribution is -2.50. The van der Waals surface area contributed by atoms with E-state index < -0.39 is 13.7 Å². The summed E-state index contributed by atoms with van der Waals surface area (Å²) in [5.41, 5.74) is 2.45. The van der Waals surface area contributed by atoms with Crippen molar-refractivity contribution in [3.63, 3.8) is 0 Å². The number of fused-ring (bicyclic) bond motifs is 1. The summed E-state index contributed by atoms with van der Waals surface area (Å²) < 4.78 is 14.5. The Morgan fingerprint density at radius 2 is 1.81 bits per heavy atom. The average molecular weight is 589 g/mol. The van der Waals surface area contributed by atoms with E-state index in [2.05, 4.69) is 63.7 Å². The largest absolute Gasteiger partial charge is 0.444 e. The van der Waals surface area contributed by atoms with Gasteiger partial charge in [-0.15, -0.1) is 0 Å². The normalized spacial score (nSPS) is 14.9. The number of anilines is 1. The first-order valence-corrected chi connectivity index (χ1v) is 17.3. The number of hydrogen-bond acceptors (Lipinski definition) is 6. The minimum atomic E-state index is -1.15. The molecule has 8 nitrogen and oxygen atoms in total. The second-order valence-electron chi connectivity index (χ2n) is 11.7. The van der Waals surface area contributed by atoms with Crippen LogP contribution >= 0.6 is 15.9 Å². The zero-order chi connectivity index (χ0) is 26.8. The number of aromatic nitrogens is 3. The molecule has 200 valence electrons. The molecule has 1 amide bonds. The molecule has 37 heavy (non-hydrogen) atoms. The topological polar surface area (TPSA) is 72.7 Å². The highest BCUT2D eigenvalue weighted by molar-refractivity contribution is 9.10. The second-order valence-corrected chi connectivity index (χ2v) is 18.3. The molecule has 0 unspecified atom stereocenters. The van der Waals surface area contributed by atoms with Gasteiger partial charge in [-0.2, -0.15) is 5.10 Å². The predicted octanol–water partition coefficient (Wildman–Crippen LogP) is 6.23. The fraction of sp³-hybridized carbons (Fsp3) is 0.519. The Morgan fingerprint density at radius 3 is 2.49 bits per heavy atom. The number of pyridine rings is 1. The second kappa shape index (κ2) is 11.1. The summed E-state index contributed by atoms with van der Waals surface area (Å²) in [7, 11) is -1.15. The SMILES string of the molecule is CC(C)(C)OC(=O)N1CCN(c2cc(-c3nn(COCC[Si](C)(C)C)c4ccc(Br)cc34)ccn2)CC1. The molecule has 1 aromatic carbocycles. The van der Waals surface area contributed by atoms with Crippen LogP contribution in [0.3, 0.4) is 0 Å². The lowest BCUT2D eigenvalue weighted by Gasteiger charge is -2.36. The molecule has 3 aromatic rings. The number of benzene rings is 1. The van der Waals surface area contributed by atoms with Crippen LogP contribution in [0.2, 0.25) is 25.7 Å². The average Bonchev–Trinajstić information content (AvgIpc) is 3.18. The van der Waals surface area contributed by atoms with Crippen LogP contribution < -0.4 is 4.90 Å². The highest BCUT2D eigenvalue weighted by Crippen LogP contribution is 2.32. The van der Waals surface area contributed by atoms with E-state index in [1.165, 1.54) is 0 Å².